The number of fused-ring (bicyclic) bond motifs is 1. The van der Waals surface area contributed by atoms with E-state index in [0.29, 0.717) is 0 Å². The van der Waals surface area contributed by atoms with Crippen LogP contribution < -0.4 is 0 Å². The van der Waals surface area contributed by atoms with Crippen LogP contribution in [0.4, 0.5) is 0 Å². The van der Waals surface area contributed by atoms with Gasteiger partial charge >= 0.3 is 0 Å². The maximum atomic E-state index is 4.73. The molecule has 18 heavy (non-hydrogen) atoms. The molecule has 0 unspecified atom stereocenters. The fraction of sp³-hybridized carbons (Fsp3) is 0.188. The molecule has 3 rings (SSSR count). The molecule has 0 aliphatic rings. The fourth-order valence-electron chi connectivity index (χ4n) is 2.34. The first-order chi connectivity index (χ1) is 8.65. The predicted octanol–water partition coefficient (Wildman–Crippen LogP) is 3.86. The first kappa shape index (κ1) is 11.0. The molecule has 2 heteroatoms. The third-order valence-electron chi connectivity index (χ3n) is 3.31. The van der Waals surface area contributed by atoms with Crippen LogP contribution in [-0.4, -0.2) is 9.55 Å². The quantitative estimate of drug-likeness (QED) is 0.627. The number of hydrogen-bond donors (Lipinski definition) is 0. The van der Waals surface area contributed by atoms with Gasteiger partial charge in [0.05, 0.1) is 11.0 Å². The Bertz CT molecular complexity index is 723. The zero-order chi connectivity index (χ0) is 12.7. The van der Waals surface area contributed by atoms with Crippen molar-refractivity contribution in [2.75, 3.05) is 0 Å². The van der Waals surface area contributed by atoms with Crippen molar-refractivity contribution >= 4 is 11.0 Å². The van der Waals surface area contributed by atoms with E-state index in [0.717, 1.165) is 11.3 Å². The lowest BCUT2D eigenvalue weighted by molar-refractivity contribution is 0.958. The van der Waals surface area contributed by atoms with Gasteiger partial charge in [-0.25, -0.2) is 4.98 Å². The smallest absolute Gasteiger partial charge is 0.140 e. The molecule has 1 aromatic heterocycles. The summed E-state index contributed by atoms with van der Waals surface area (Å²) in [7, 11) is 2.08. The zero-order valence-electron chi connectivity index (χ0n) is 10.9. The highest BCUT2D eigenvalue weighted by molar-refractivity contribution is 5.81. The second-order valence-corrected chi connectivity index (χ2v) is 4.86. The Morgan fingerprint density at radius 3 is 2.50 bits per heavy atom. The molecule has 0 radical (unpaired) electrons. The lowest BCUT2D eigenvalue weighted by atomic mass is 10.1. The highest BCUT2D eigenvalue weighted by Gasteiger charge is 2.09. The topological polar surface area (TPSA) is 17.8 Å². The Kier molecular flexibility index (Phi) is 2.44. The van der Waals surface area contributed by atoms with Crippen molar-refractivity contribution in [3.05, 3.63) is 53.6 Å². The summed E-state index contributed by atoms with van der Waals surface area (Å²) in [6.07, 6.45) is 0. The molecule has 90 valence electrons. The first-order valence-corrected chi connectivity index (χ1v) is 6.15. The van der Waals surface area contributed by atoms with Crippen LogP contribution in [-0.2, 0) is 7.05 Å². The zero-order valence-corrected chi connectivity index (χ0v) is 10.9. The highest BCUT2D eigenvalue weighted by Crippen LogP contribution is 2.24. The Balaban J connectivity index is 2.27. The summed E-state index contributed by atoms with van der Waals surface area (Å²) in [4.78, 5) is 4.73. The van der Waals surface area contributed by atoms with Crippen molar-refractivity contribution in [3.63, 3.8) is 0 Å². The molecule has 0 aliphatic heterocycles. The second kappa shape index (κ2) is 3.98. The number of aryl methyl sites for hydroxylation is 3. The van der Waals surface area contributed by atoms with E-state index in [9.17, 15) is 0 Å². The number of nitrogens with zero attached hydrogens (tertiary/aromatic N) is 2. The maximum absolute atomic E-state index is 4.73. The molecule has 0 saturated heterocycles. The maximum Gasteiger partial charge on any atom is 0.140 e. The monoisotopic (exact) mass is 236 g/mol. The minimum Gasteiger partial charge on any atom is -0.327 e. The summed E-state index contributed by atoms with van der Waals surface area (Å²) >= 11 is 0. The van der Waals surface area contributed by atoms with Crippen LogP contribution in [0.15, 0.2) is 42.5 Å². The molecule has 0 aliphatic carbocycles. The van der Waals surface area contributed by atoms with Gasteiger partial charge in [0.2, 0.25) is 0 Å². The molecule has 0 N–H and O–H groups in total. The van der Waals surface area contributed by atoms with Gasteiger partial charge in [-0.2, -0.15) is 0 Å². The van der Waals surface area contributed by atoms with E-state index in [-0.39, 0.29) is 0 Å². The molecule has 2 nitrogen and oxygen atoms in total. The molecule has 0 fully saturated rings. The molecule has 1 heterocycles. The normalized spacial score (nSPS) is 11.1. The summed E-state index contributed by atoms with van der Waals surface area (Å²) in [6.45, 7) is 4.22. The largest absolute Gasteiger partial charge is 0.327 e. The van der Waals surface area contributed by atoms with Crippen molar-refractivity contribution < 1.29 is 0 Å². The summed E-state index contributed by atoms with van der Waals surface area (Å²) in [6, 6.07) is 14.8. The molecular formula is C16H16N2. The summed E-state index contributed by atoms with van der Waals surface area (Å²) in [5.74, 6) is 1.03. The van der Waals surface area contributed by atoms with Crippen molar-refractivity contribution in [2.24, 2.45) is 7.05 Å². The van der Waals surface area contributed by atoms with E-state index in [2.05, 4.69) is 67.9 Å². The number of rotatable bonds is 1. The van der Waals surface area contributed by atoms with Crippen molar-refractivity contribution in [1.29, 1.82) is 0 Å². The molecule has 0 amide bonds. The van der Waals surface area contributed by atoms with Gasteiger partial charge in [-0.05, 0) is 37.6 Å². The van der Waals surface area contributed by atoms with E-state index in [1.165, 1.54) is 22.2 Å². The van der Waals surface area contributed by atoms with Crippen LogP contribution in [0.5, 0.6) is 0 Å². The third-order valence-corrected chi connectivity index (χ3v) is 3.31. The fourth-order valence-corrected chi connectivity index (χ4v) is 2.34. The van der Waals surface area contributed by atoms with Crippen molar-refractivity contribution in [2.45, 2.75) is 13.8 Å². The third kappa shape index (κ3) is 1.70. The highest BCUT2D eigenvalue weighted by atomic mass is 15.1. The van der Waals surface area contributed by atoms with E-state index < -0.39 is 0 Å². The van der Waals surface area contributed by atoms with E-state index >= 15 is 0 Å². The Labute approximate surface area is 107 Å². The number of imidazole rings is 1. The number of aromatic nitrogens is 2. The first-order valence-electron chi connectivity index (χ1n) is 6.15. The van der Waals surface area contributed by atoms with Crippen LogP contribution in [0.1, 0.15) is 11.1 Å². The lowest BCUT2D eigenvalue weighted by Crippen LogP contribution is -1.92. The Hall–Kier alpha value is -2.09. The average Bonchev–Trinajstić information content (AvgIpc) is 2.67. The van der Waals surface area contributed by atoms with Gasteiger partial charge in [-0.3, -0.25) is 0 Å². The van der Waals surface area contributed by atoms with Crippen LogP contribution in [0, 0.1) is 13.8 Å². The Morgan fingerprint density at radius 2 is 1.72 bits per heavy atom. The summed E-state index contributed by atoms with van der Waals surface area (Å²) in [5.41, 5.74) is 5.94. The van der Waals surface area contributed by atoms with Crippen LogP contribution in [0.3, 0.4) is 0 Å². The summed E-state index contributed by atoms with van der Waals surface area (Å²) < 4.78 is 2.16. The van der Waals surface area contributed by atoms with Crippen LogP contribution in [0.25, 0.3) is 22.4 Å². The summed E-state index contributed by atoms with van der Waals surface area (Å²) in [5, 5.41) is 0. The molecule has 0 saturated carbocycles. The van der Waals surface area contributed by atoms with E-state index in [1.54, 1.807) is 0 Å². The predicted molar refractivity (Wildman–Crippen MR) is 75.6 cm³/mol. The van der Waals surface area contributed by atoms with Gasteiger partial charge < -0.3 is 4.57 Å². The average molecular weight is 236 g/mol. The van der Waals surface area contributed by atoms with Gasteiger partial charge in [0, 0.05) is 12.6 Å². The SMILES string of the molecule is Cc1cccc(-c2nc3ccc(C)cc3n2C)c1. The van der Waals surface area contributed by atoms with Gasteiger partial charge in [-0.15, -0.1) is 0 Å². The molecule has 0 spiro atoms. The minimum absolute atomic E-state index is 1.03. The standard InChI is InChI=1S/C16H16N2/c1-11-5-4-6-13(9-11)16-17-14-8-7-12(2)10-15(14)18(16)3/h4-10H,1-3H3. The van der Waals surface area contributed by atoms with E-state index in [4.69, 9.17) is 4.98 Å². The lowest BCUT2D eigenvalue weighted by Gasteiger charge is -2.03. The van der Waals surface area contributed by atoms with Crippen LogP contribution in [0.2, 0.25) is 0 Å². The van der Waals surface area contributed by atoms with Gasteiger partial charge in [0.1, 0.15) is 5.82 Å². The molecular weight excluding hydrogens is 220 g/mol. The molecule has 0 bridgehead atoms. The van der Waals surface area contributed by atoms with Gasteiger partial charge in [-0.1, -0.05) is 29.8 Å². The second-order valence-electron chi connectivity index (χ2n) is 4.86. The van der Waals surface area contributed by atoms with E-state index in [1.807, 2.05) is 0 Å². The molecule has 0 atom stereocenters. The molecule has 2 aromatic carbocycles. The van der Waals surface area contributed by atoms with Crippen LogP contribution >= 0.6 is 0 Å². The van der Waals surface area contributed by atoms with Crippen molar-refractivity contribution in [1.82, 2.24) is 9.55 Å². The number of hydrogen-bond acceptors (Lipinski definition) is 1. The Morgan fingerprint density at radius 1 is 0.944 bits per heavy atom. The van der Waals surface area contributed by atoms with Gasteiger partial charge in [0.25, 0.3) is 0 Å². The number of benzene rings is 2. The van der Waals surface area contributed by atoms with Gasteiger partial charge in [0.15, 0.2) is 0 Å². The minimum atomic E-state index is 1.03. The molecule has 3 aromatic rings. The van der Waals surface area contributed by atoms with Crippen molar-refractivity contribution in [3.8, 4) is 11.4 Å².